The Hall–Kier alpha value is -0.710. The normalized spacial score (nSPS) is 11.9. The molecule has 2 atom stereocenters. The van der Waals surface area contributed by atoms with E-state index in [0.29, 0.717) is 6.42 Å². The molecule has 0 saturated carbocycles. The molecule has 94 valence electrons. The van der Waals surface area contributed by atoms with Gasteiger partial charge in [-0.05, 0) is 26.4 Å². The Labute approximate surface area is 98.0 Å². The number of hydrogen-bond donors (Lipinski definition) is 3. The molecule has 0 rings (SSSR count). The molecule has 0 aliphatic rings. The van der Waals surface area contributed by atoms with Crippen molar-refractivity contribution < 1.29 is 14.1 Å². The molecule has 0 aliphatic carbocycles. The maximum absolute atomic E-state index is 11.4. The predicted octanol–water partition coefficient (Wildman–Crippen LogP) is -0.847. The van der Waals surface area contributed by atoms with Gasteiger partial charge in [-0.3, -0.25) is 4.79 Å². The molecule has 0 aliphatic heterocycles. The van der Waals surface area contributed by atoms with Crippen molar-refractivity contribution in [1.29, 1.82) is 0 Å². The van der Waals surface area contributed by atoms with Gasteiger partial charge in [0.25, 0.3) is 0 Å². The molecule has 0 heterocycles. The van der Waals surface area contributed by atoms with Crippen molar-refractivity contribution in [2.75, 3.05) is 20.1 Å². The third kappa shape index (κ3) is 7.56. The fraction of sp³-hybridized carbons (Fsp3) is 0.778. The Morgan fingerprint density at radius 2 is 2.12 bits per heavy atom. The SMILES string of the molecule is CNCCCC[C@H](N)C(=O)NCC(=O)OP. The lowest BCUT2D eigenvalue weighted by Gasteiger charge is -2.11. The summed E-state index contributed by atoms with van der Waals surface area (Å²) in [5.74, 6) is -0.833. The first kappa shape index (κ1) is 15.3. The zero-order chi connectivity index (χ0) is 12.4. The number of unbranched alkanes of at least 4 members (excludes halogenated alkanes) is 1. The van der Waals surface area contributed by atoms with Crippen LogP contribution in [0.3, 0.4) is 0 Å². The van der Waals surface area contributed by atoms with E-state index in [1.807, 2.05) is 16.5 Å². The number of rotatable bonds is 8. The van der Waals surface area contributed by atoms with E-state index < -0.39 is 12.0 Å². The van der Waals surface area contributed by atoms with Crippen LogP contribution in [0.25, 0.3) is 0 Å². The zero-order valence-corrected chi connectivity index (χ0v) is 10.6. The highest BCUT2D eigenvalue weighted by atomic mass is 31.0. The van der Waals surface area contributed by atoms with Gasteiger partial charge >= 0.3 is 5.97 Å². The summed E-state index contributed by atoms with van der Waals surface area (Å²) >= 11 is 0. The second-order valence-electron chi connectivity index (χ2n) is 3.41. The van der Waals surface area contributed by atoms with E-state index in [2.05, 4.69) is 15.2 Å². The van der Waals surface area contributed by atoms with Crippen LogP contribution in [0.5, 0.6) is 0 Å². The van der Waals surface area contributed by atoms with Gasteiger partial charge in [-0.2, -0.15) is 0 Å². The zero-order valence-electron chi connectivity index (χ0n) is 9.49. The largest absolute Gasteiger partial charge is 0.450 e. The molecule has 6 nitrogen and oxygen atoms in total. The van der Waals surface area contributed by atoms with Crippen molar-refractivity contribution in [3.63, 3.8) is 0 Å². The van der Waals surface area contributed by atoms with Crippen LogP contribution in [0.15, 0.2) is 0 Å². The molecule has 0 aromatic heterocycles. The molecule has 0 saturated heterocycles. The first-order valence-electron chi connectivity index (χ1n) is 5.19. The van der Waals surface area contributed by atoms with Gasteiger partial charge in [0.1, 0.15) is 6.54 Å². The smallest absolute Gasteiger partial charge is 0.327 e. The summed E-state index contributed by atoms with van der Waals surface area (Å²) in [5.41, 5.74) is 5.64. The fourth-order valence-electron chi connectivity index (χ4n) is 1.13. The number of nitrogens with two attached hydrogens (primary N) is 1. The predicted molar refractivity (Wildman–Crippen MR) is 64.6 cm³/mol. The molecular formula is C9H20N3O3P. The molecule has 16 heavy (non-hydrogen) atoms. The highest BCUT2D eigenvalue weighted by Crippen LogP contribution is 1.98. The van der Waals surface area contributed by atoms with Crippen LogP contribution in [-0.4, -0.2) is 38.1 Å². The maximum Gasteiger partial charge on any atom is 0.327 e. The molecule has 4 N–H and O–H groups in total. The molecule has 0 radical (unpaired) electrons. The van der Waals surface area contributed by atoms with E-state index in [0.717, 1.165) is 19.4 Å². The van der Waals surface area contributed by atoms with Crippen LogP contribution in [-0.2, 0) is 14.1 Å². The average molecular weight is 249 g/mol. The highest BCUT2D eigenvalue weighted by molar-refractivity contribution is 7.10. The minimum absolute atomic E-state index is 0.146. The van der Waals surface area contributed by atoms with Crippen LogP contribution in [0.1, 0.15) is 19.3 Å². The molecule has 1 amide bonds. The Kier molecular flexibility index (Phi) is 9.09. The summed E-state index contributed by atoms with van der Waals surface area (Å²) in [4.78, 5) is 22.1. The van der Waals surface area contributed by atoms with Gasteiger partial charge in [-0.25, -0.2) is 4.79 Å². The van der Waals surface area contributed by atoms with Crippen LogP contribution in [0.4, 0.5) is 0 Å². The van der Waals surface area contributed by atoms with Crippen LogP contribution < -0.4 is 16.4 Å². The molecule has 0 bridgehead atoms. The molecule has 7 heteroatoms. The second kappa shape index (κ2) is 9.51. The van der Waals surface area contributed by atoms with Gasteiger partial charge in [0.05, 0.1) is 15.5 Å². The minimum Gasteiger partial charge on any atom is -0.450 e. The average Bonchev–Trinajstić information content (AvgIpc) is 2.30. The number of carbonyl (C=O) groups excluding carboxylic acids is 2. The van der Waals surface area contributed by atoms with Crippen molar-refractivity contribution in [3.05, 3.63) is 0 Å². The van der Waals surface area contributed by atoms with Gasteiger partial charge < -0.3 is 20.9 Å². The highest BCUT2D eigenvalue weighted by Gasteiger charge is 2.13. The minimum atomic E-state index is -0.561. The van der Waals surface area contributed by atoms with Gasteiger partial charge in [-0.15, -0.1) is 0 Å². The summed E-state index contributed by atoms with van der Waals surface area (Å²) in [7, 11) is 3.70. The lowest BCUT2D eigenvalue weighted by Crippen LogP contribution is -2.42. The van der Waals surface area contributed by atoms with E-state index in [1.54, 1.807) is 0 Å². The molecule has 1 unspecified atom stereocenters. The molecule has 0 fully saturated rings. The Balaban J connectivity index is 3.61. The van der Waals surface area contributed by atoms with Crippen molar-refractivity contribution in [2.24, 2.45) is 5.73 Å². The molecule has 0 spiro atoms. The van der Waals surface area contributed by atoms with Gasteiger partial charge in [0.15, 0.2) is 0 Å². The van der Waals surface area contributed by atoms with Crippen molar-refractivity contribution >= 4 is 21.3 Å². The first-order chi connectivity index (χ1) is 7.61. The monoisotopic (exact) mass is 249 g/mol. The van der Waals surface area contributed by atoms with Crippen LogP contribution >= 0.6 is 9.47 Å². The van der Waals surface area contributed by atoms with E-state index in [1.165, 1.54) is 0 Å². The van der Waals surface area contributed by atoms with E-state index >= 15 is 0 Å². The number of carbonyl (C=O) groups is 2. The summed E-state index contributed by atoms with van der Waals surface area (Å²) in [6.07, 6.45) is 2.47. The standard InChI is InChI=1S/C9H20N3O3P/c1-11-5-3-2-4-7(10)9(14)12-6-8(13)15-16/h7,11H,2-6,10,16H2,1H3,(H,12,14)/t7-/m0/s1. The quantitative estimate of drug-likeness (QED) is 0.385. The van der Waals surface area contributed by atoms with Crippen LogP contribution in [0, 0.1) is 0 Å². The van der Waals surface area contributed by atoms with Crippen molar-refractivity contribution in [3.8, 4) is 0 Å². The van der Waals surface area contributed by atoms with E-state index in [-0.39, 0.29) is 12.5 Å². The summed E-state index contributed by atoms with van der Waals surface area (Å²) in [6.45, 7) is 0.764. The fourth-order valence-corrected chi connectivity index (χ4v) is 1.21. The van der Waals surface area contributed by atoms with Crippen molar-refractivity contribution in [1.82, 2.24) is 10.6 Å². The topological polar surface area (TPSA) is 93.5 Å². The summed E-state index contributed by atoms with van der Waals surface area (Å²) in [5, 5.41) is 5.42. The lowest BCUT2D eigenvalue weighted by atomic mass is 10.1. The van der Waals surface area contributed by atoms with E-state index in [4.69, 9.17) is 5.73 Å². The Bertz CT molecular complexity index is 226. The third-order valence-corrected chi connectivity index (χ3v) is 2.33. The Morgan fingerprint density at radius 1 is 1.44 bits per heavy atom. The van der Waals surface area contributed by atoms with E-state index in [9.17, 15) is 9.59 Å². The first-order valence-corrected chi connectivity index (χ1v) is 5.66. The maximum atomic E-state index is 11.4. The number of amides is 1. The summed E-state index contributed by atoms with van der Waals surface area (Å²) < 4.78 is 4.31. The van der Waals surface area contributed by atoms with Gasteiger partial charge in [0.2, 0.25) is 5.91 Å². The molecule has 0 aromatic carbocycles. The third-order valence-electron chi connectivity index (χ3n) is 2.07. The lowest BCUT2D eigenvalue weighted by molar-refractivity contribution is -0.134. The molecule has 0 aromatic rings. The van der Waals surface area contributed by atoms with Gasteiger partial charge in [-0.1, -0.05) is 6.42 Å². The van der Waals surface area contributed by atoms with Crippen LogP contribution in [0.2, 0.25) is 0 Å². The number of hydrogen-bond acceptors (Lipinski definition) is 5. The van der Waals surface area contributed by atoms with Gasteiger partial charge in [0, 0.05) is 0 Å². The van der Waals surface area contributed by atoms with Crippen molar-refractivity contribution in [2.45, 2.75) is 25.3 Å². The molecular weight excluding hydrogens is 229 g/mol. The second-order valence-corrected chi connectivity index (χ2v) is 3.65. The summed E-state index contributed by atoms with van der Waals surface area (Å²) in [6, 6.07) is -0.561. The Morgan fingerprint density at radius 3 is 2.69 bits per heavy atom. The number of nitrogens with one attached hydrogen (secondary N) is 2.